The Morgan fingerprint density at radius 2 is 2.18 bits per heavy atom. The quantitative estimate of drug-likeness (QED) is 0.737. The van der Waals surface area contributed by atoms with Crippen LogP contribution in [-0.4, -0.2) is 31.8 Å². The second kappa shape index (κ2) is 4.86. The summed E-state index contributed by atoms with van der Waals surface area (Å²) in [6.07, 6.45) is -0.144. The molecule has 2 rings (SSSR count). The van der Waals surface area contributed by atoms with Crippen LogP contribution in [-0.2, 0) is 14.3 Å². The minimum atomic E-state index is -0.638. The lowest BCUT2D eigenvalue weighted by Gasteiger charge is -2.12. The van der Waals surface area contributed by atoms with E-state index in [1.165, 1.54) is 7.11 Å². The van der Waals surface area contributed by atoms with Gasteiger partial charge in [0.2, 0.25) is 0 Å². The highest BCUT2D eigenvalue weighted by Crippen LogP contribution is 2.22. The van der Waals surface area contributed by atoms with Gasteiger partial charge in [-0.15, -0.1) is 0 Å². The Morgan fingerprint density at radius 1 is 1.41 bits per heavy atom. The van der Waals surface area contributed by atoms with Crippen molar-refractivity contribution in [2.75, 3.05) is 13.7 Å². The van der Waals surface area contributed by atoms with Crippen LogP contribution in [0.25, 0.3) is 0 Å². The molecule has 1 atom stereocenters. The molecule has 5 heteroatoms. The zero-order valence-electron chi connectivity index (χ0n) is 9.34. The van der Waals surface area contributed by atoms with E-state index in [-0.39, 0.29) is 0 Å². The molecule has 1 aliphatic heterocycles. The number of hydrogen-bond donors (Lipinski definition) is 0. The van der Waals surface area contributed by atoms with Crippen molar-refractivity contribution in [3.63, 3.8) is 0 Å². The number of carbonyl (C=O) groups excluding carboxylic acids is 2. The third-order valence-electron chi connectivity index (χ3n) is 2.45. The van der Waals surface area contributed by atoms with Crippen molar-refractivity contribution >= 4 is 11.9 Å². The van der Waals surface area contributed by atoms with Gasteiger partial charge in [0.05, 0.1) is 13.7 Å². The average molecular weight is 236 g/mol. The molecular weight excluding hydrogens is 224 g/mol. The molecule has 0 aromatic heterocycles. The third kappa shape index (κ3) is 2.38. The summed E-state index contributed by atoms with van der Waals surface area (Å²) in [7, 11) is 1.29. The number of benzene rings is 1. The summed E-state index contributed by atoms with van der Waals surface area (Å²) in [5, 5.41) is 0. The molecule has 0 bridgehead atoms. The molecule has 1 fully saturated rings. The van der Waals surface area contributed by atoms with Gasteiger partial charge in [-0.1, -0.05) is 12.1 Å². The Kier molecular flexibility index (Phi) is 3.27. The van der Waals surface area contributed by atoms with Gasteiger partial charge >= 0.3 is 11.9 Å². The van der Waals surface area contributed by atoms with E-state index in [1.54, 1.807) is 24.3 Å². The van der Waals surface area contributed by atoms with Crippen LogP contribution in [0.5, 0.6) is 5.75 Å². The van der Waals surface area contributed by atoms with E-state index in [9.17, 15) is 9.59 Å². The molecule has 17 heavy (non-hydrogen) atoms. The van der Waals surface area contributed by atoms with E-state index in [0.717, 1.165) is 0 Å². The van der Waals surface area contributed by atoms with E-state index in [2.05, 4.69) is 4.74 Å². The largest absolute Gasteiger partial charge is 0.478 e. The molecule has 1 aliphatic rings. The normalized spacial score (nSPS) is 18.6. The molecule has 1 aromatic carbocycles. The Balaban J connectivity index is 2.20. The van der Waals surface area contributed by atoms with Gasteiger partial charge in [0.15, 0.2) is 6.10 Å². The van der Waals surface area contributed by atoms with E-state index in [1.807, 2.05) is 0 Å². The Labute approximate surface area is 98.3 Å². The fourth-order valence-corrected chi connectivity index (χ4v) is 1.59. The highest BCUT2D eigenvalue weighted by molar-refractivity contribution is 5.92. The minimum Gasteiger partial charge on any atom is -0.478 e. The molecule has 0 N–H and O–H groups in total. The predicted octanol–water partition coefficient (Wildman–Crippen LogP) is 1.17. The summed E-state index contributed by atoms with van der Waals surface area (Å²) in [6.45, 7) is 0.351. The number of methoxy groups -OCH3 is 1. The number of cyclic esters (lactones) is 1. The average Bonchev–Trinajstić information content (AvgIpc) is 2.75. The van der Waals surface area contributed by atoms with Crippen molar-refractivity contribution in [3.8, 4) is 5.75 Å². The summed E-state index contributed by atoms with van der Waals surface area (Å²) in [5.41, 5.74) is 0.301. The summed E-state index contributed by atoms with van der Waals surface area (Å²) < 4.78 is 14.9. The van der Waals surface area contributed by atoms with Gasteiger partial charge in [0.25, 0.3) is 0 Å². The first-order valence-electron chi connectivity index (χ1n) is 5.23. The van der Waals surface area contributed by atoms with Gasteiger partial charge in [-0.2, -0.15) is 0 Å². The molecule has 1 unspecified atom stereocenters. The van der Waals surface area contributed by atoms with Gasteiger partial charge in [0.1, 0.15) is 11.3 Å². The van der Waals surface area contributed by atoms with E-state index < -0.39 is 18.0 Å². The molecule has 0 amide bonds. The Bertz CT molecular complexity index is 440. The molecule has 0 spiro atoms. The van der Waals surface area contributed by atoms with Gasteiger partial charge in [-0.05, 0) is 12.1 Å². The monoisotopic (exact) mass is 236 g/mol. The van der Waals surface area contributed by atoms with Crippen molar-refractivity contribution in [1.82, 2.24) is 0 Å². The number of ether oxygens (including phenoxy) is 3. The highest BCUT2D eigenvalue weighted by atomic mass is 16.6. The van der Waals surface area contributed by atoms with E-state index in [4.69, 9.17) is 9.47 Å². The molecule has 90 valence electrons. The fraction of sp³-hybridized carbons (Fsp3) is 0.333. The van der Waals surface area contributed by atoms with Crippen LogP contribution in [0, 0.1) is 0 Å². The number of para-hydroxylation sites is 1. The molecule has 0 aliphatic carbocycles. The first-order chi connectivity index (χ1) is 8.22. The fourth-order valence-electron chi connectivity index (χ4n) is 1.59. The zero-order valence-corrected chi connectivity index (χ0v) is 9.34. The van der Waals surface area contributed by atoms with Crippen LogP contribution < -0.4 is 4.74 Å². The number of hydrogen-bond acceptors (Lipinski definition) is 5. The maximum absolute atomic E-state index is 11.5. The highest BCUT2D eigenvalue weighted by Gasteiger charge is 2.29. The van der Waals surface area contributed by atoms with Gasteiger partial charge < -0.3 is 14.2 Å². The van der Waals surface area contributed by atoms with Gasteiger partial charge in [-0.25, -0.2) is 9.59 Å². The lowest BCUT2D eigenvalue weighted by Crippen LogP contribution is -2.22. The number of carbonyl (C=O) groups is 2. The first kappa shape index (κ1) is 11.4. The second-order valence-corrected chi connectivity index (χ2v) is 3.55. The maximum Gasteiger partial charge on any atom is 0.347 e. The molecule has 5 nitrogen and oxygen atoms in total. The number of esters is 2. The Hall–Kier alpha value is -2.04. The first-order valence-corrected chi connectivity index (χ1v) is 5.23. The lowest BCUT2D eigenvalue weighted by molar-refractivity contribution is -0.143. The molecular formula is C12H12O5. The van der Waals surface area contributed by atoms with Crippen molar-refractivity contribution in [2.45, 2.75) is 12.5 Å². The molecule has 1 aromatic rings. The van der Waals surface area contributed by atoms with E-state index >= 15 is 0 Å². The van der Waals surface area contributed by atoms with Gasteiger partial charge in [-0.3, -0.25) is 0 Å². The van der Waals surface area contributed by atoms with E-state index in [0.29, 0.717) is 24.3 Å². The smallest absolute Gasteiger partial charge is 0.347 e. The van der Waals surface area contributed by atoms with Crippen LogP contribution in [0.3, 0.4) is 0 Å². The molecule has 1 saturated heterocycles. The standard InChI is InChI=1S/C12H12O5/c1-15-11(13)8-4-2-3-5-9(8)17-10-6-7-16-12(10)14/h2-5,10H,6-7H2,1H3. The SMILES string of the molecule is COC(=O)c1ccccc1OC1CCOC1=O. The van der Waals surface area contributed by atoms with Crippen molar-refractivity contribution in [3.05, 3.63) is 29.8 Å². The lowest BCUT2D eigenvalue weighted by atomic mass is 10.2. The van der Waals surface area contributed by atoms with Crippen molar-refractivity contribution < 1.29 is 23.8 Å². The number of rotatable bonds is 3. The predicted molar refractivity (Wildman–Crippen MR) is 57.8 cm³/mol. The summed E-state index contributed by atoms with van der Waals surface area (Å²) in [6, 6.07) is 6.63. The second-order valence-electron chi connectivity index (χ2n) is 3.55. The molecule has 1 heterocycles. The van der Waals surface area contributed by atoms with Crippen LogP contribution in [0.1, 0.15) is 16.8 Å². The zero-order chi connectivity index (χ0) is 12.3. The van der Waals surface area contributed by atoms with Crippen LogP contribution in [0.4, 0.5) is 0 Å². The maximum atomic E-state index is 11.5. The van der Waals surface area contributed by atoms with Crippen LogP contribution >= 0.6 is 0 Å². The van der Waals surface area contributed by atoms with Crippen molar-refractivity contribution in [2.24, 2.45) is 0 Å². The third-order valence-corrected chi connectivity index (χ3v) is 2.45. The molecule has 0 saturated carbocycles. The summed E-state index contributed by atoms with van der Waals surface area (Å²) >= 11 is 0. The molecule has 0 radical (unpaired) electrons. The topological polar surface area (TPSA) is 61.8 Å². The minimum absolute atomic E-state index is 0.301. The summed E-state index contributed by atoms with van der Waals surface area (Å²) in [5.74, 6) is -0.556. The summed E-state index contributed by atoms with van der Waals surface area (Å²) in [4.78, 5) is 22.7. The van der Waals surface area contributed by atoms with Crippen molar-refractivity contribution in [1.29, 1.82) is 0 Å². The van der Waals surface area contributed by atoms with Crippen LogP contribution in [0.15, 0.2) is 24.3 Å². The van der Waals surface area contributed by atoms with Gasteiger partial charge in [0, 0.05) is 6.42 Å². The Morgan fingerprint density at radius 3 is 2.82 bits per heavy atom. The van der Waals surface area contributed by atoms with Crippen LogP contribution in [0.2, 0.25) is 0 Å².